The predicted molar refractivity (Wildman–Crippen MR) is 118 cm³/mol. The molecule has 4 nitrogen and oxygen atoms in total. The number of rotatable bonds is 6. The van der Waals surface area contributed by atoms with E-state index in [-0.39, 0.29) is 29.4 Å². The second-order valence-electron chi connectivity index (χ2n) is 6.25. The minimum Gasteiger partial charge on any atom is -0.356 e. The van der Waals surface area contributed by atoms with E-state index in [1.54, 1.807) is 11.3 Å². The summed E-state index contributed by atoms with van der Waals surface area (Å²) < 4.78 is 0. The topological polar surface area (TPSA) is 49.3 Å². The first-order valence-electron chi connectivity index (χ1n) is 8.23. The number of guanidine groups is 1. The maximum atomic E-state index is 5.99. The number of hydrogen-bond acceptors (Lipinski definition) is 3. The first-order chi connectivity index (χ1) is 11.6. The number of nitrogens with zero attached hydrogens (tertiary/aromatic N) is 2. The van der Waals surface area contributed by atoms with Crippen LogP contribution in [0, 0.1) is 6.92 Å². The van der Waals surface area contributed by atoms with Gasteiger partial charge >= 0.3 is 0 Å². The molecule has 3 rings (SSSR count). The highest BCUT2D eigenvalue weighted by Gasteiger charge is 2.44. The van der Waals surface area contributed by atoms with E-state index in [0.29, 0.717) is 0 Å². The number of halogens is 2. The molecule has 0 atom stereocenters. The fraction of sp³-hybridized carbons (Fsp3) is 0.444. The fourth-order valence-electron chi connectivity index (χ4n) is 2.80. The molecule has 1 aliphatic carbocycles. The highest BCUT2D eigenvalue weighted by Crippen LogP contribution is 2.47. The number of thiazole rings is 1. The predicted octanol–water partition coefficient (Wildman–Crippen LogP) is 4.16. The van der Waals surface area contributed by atoms with Gasteiger partial charge in [-0.2, -0.15) is 0 Å². The van der Waals surface area contributed by atoms with E-state index in [4.69, 9.17) is 11.6 Å². The van der Waals surface area contributed by atoms with E-state index in [0.717, 1.165) is 35.5 Å². The molecule has 2 aromatic rings. The standard InChI is InChI=1S/C18H23ClN4S.HI/c1-13-11-22-16(24-13)7-10-21-17(20-2)23-12-18(8-9-18)14-3-5-15(19)6-4-14;/h3-6,11H,7-10,12H2,1-2H3,(H2,20,21,23);1H. The van der Waals surface area contributed by atoms with Gasteiger partial charge in [0.05, 0.1) is 5.01 Å². The first kappa shape index (κ1) is 20.5. The van der Waals surface area contributed by atoms with Gasteiger partial charge < -0.3 is 10.6 Å². The van der Waals surface area contributed by atoms with Crippen LogP contribution in [0.15, 0.2) is 35.5 Å². The molecule has 0 aliphatic heterocycles. The van der Waals surface area contributed by atoms with Crippen molar-refractivity contribution < 1.29 is 0 Å². The van der Waals surface area contributed by atoms with Crippen LogP contribution in [-0.4, -0.2) is 31.1 Å². The van der Waals surface area contributed by atoms with Gasteiger partial charge in [-0.3, -0.25) is 4.99 Å². The number of nitrogens with one attached hydrogen (secondary N) is 2. The van der Waals surface area contributed by atoms with Gasteiger partial charge in [0, 0.05) is 48.1 Å². The van der Waals surface area contributed by atoms with Crippen molar-refractivity contribution in [2.75, 3.05) is 20.1 Å². The lowest BCUT2D eigenvalue weighted by atomic mass is 9.96. The number of aliphatic imine (C=N–C) groups is 1. The highest BCUT2D eigenvalue weighted by molar-refractivity contribution is 14.0. The summed E-state index contributed by atoms with van der Waals surface area (Å²) in [7, 11) is 1.81. The third kappa shape index (κ3) is 5.56. The van der Waals surface area contributed by atoms with Crippen LogP contribution in [0.25, 0.3) is 0 Å². The molecular weight excluding hydrogens is 467 g/mol. The summed E-state index contributed by atoms with van der Waals surface area (Å²) in [4.78, 5) is 9.96. The van der Waals surface area contributed by atoms with Crippen LogP contribution in [-0.2, 0) is 11.8 Å². The van der Waals surface area contributed by atoms with Crippen LogP contribution in [0.5, 0.6) is 0 Å². The quantitative estimate of drug-likeness (QED) is 0.363. The molecule has 1 saturated carbocycles. The Morgan fingerprint density at radius 2 is 2.00 bits per heavy atom. The molecule has 1 heterocycles. The van der Waals surface area contributed by atoms with Gasteiger partial charge in [0.25, 0.3) is 0 Å². The van der Waals surface area contributed by atoms with Crippen LogP contribution < -0.4 is 10.6 Å². The molecule has 0 spiro atoms. The van der Waals surface area contributed by atoms with Crippen molar-refractivity contribution in [1.29, 1.82) is 0 Å². The zero-order chi connectivity index (χ0) is 17.0. The van der Waals surface area contributed by atoms with Gasteiger partial charge in [-0.05, 0) is 37.5 Å². The molecule has 1 aromatic heterocycles. The molecule has 1 fully saturated rings. The maximum Gasteiger partial charge on any atom is 0.191 e. The SMILES string of the molecule is CN=C(NCCc1ncc(C)s1)NCC1(c2ccc(Cl)cc2)CC1.I. The van der Waals surface area contributed by atoms with Crippen molar-refractivity contribution >= 4 is 52.9 Å². The average molecular weight is 491 g/mol. The molecule has 136 valence electrons. The summed E-state index contributed by atoms with van der Waals surface area (Å²) >= 11 is 7.74. The first-order valence-corrected chi connectivity index (χ1v) is 9.43. The number of aryl methyl sites for hydroxylation is 1. The Labute approximate surface area is 175 Å². The molecule has 1 aromatic carbocycles. The molecule has 0 radical (unpaired) electrons. The van der Waals surface area contributed by atoms with Gasteiger partial charge in [-0.25, -0.2) is 4.98 Å². The highest BCUT2D eigenvalue weighted by atomic mass is 127. The monoisotopic (exact) mass is 490 g/mol. The molecule has 0 unspecified atom stereocenters. The molecule has 7 heteroatoms. The number of hydrogen-bond donors (Lipinski definition) is 2. The molecule has 1 aliphatic rings. The van der Waals surface area contributed by atoms with Crippen molar-refractivity contribution in [3.63, 3.8) is 0 Å². The Morgan fingerprint density at radius 1 is 1.28 bits per heavy atom. The maximum absolute atomic E-state index is 5.99. The van der Waals surface area contributed by atoms with E-state index in [9.17, 15) is 0 Å². The Bertz CT molecular complexity index is 710. The van der Waals surface area contributed by atoms with Crippen molar-refractivity contribution in [2.24, 2.45) is 4.99 Å². The Morgan fingerprint density at radius 3 is 2.56 bits per heavy atom. The number of benzene rings is 1. The molecule has 0 bridgehead atoms. The van der Waals surface area contributed by atoms with Crippen LogP contribution >= 0.6 is 46.9 Å². The van der Waals surface area contributed by atoms with E-state index in [1.165, 1.54) is 23.3 Å². The molecular formula is C18H24ClIN4S. The summed E-state index contributed by atoms with van der Waals surface area (Å²) in [6.45, 7) is 3.81. The summed E-state index contributed by atoms with van der Waals surface area (Å²) in [5.74, 6) is 0.850. The third-order valence-corrected chi connectivity index (χ3v) is 5.65. The Balaban J connectivity index is 0.00000225. The largest absolute Gasteiger partial charge is 0.356 e. The normalized spacial score (nSPS) is 15.4. The van der Waals surface area contributed by atoms with Gasteiger partial charge in [-0.1, -0.05) is 23.7 Å². The second kappa shape index (κ2) is 9.19. The van der Waals surface area contributed by atoms with Crippen molar-refractivity contribution in [3.05, 3.63) is 50.9 Å². The lowest BCUT2D eigenvalue weighted by Gasteiger charge is -2.19. The van der Waals surface area contributed by atoms with Crippen LogP contribution in [0.3, 0.4) is 0 Å². The summed E-state index contributed by atoms with van der Waals surface area (Å²) in [5.41, 5.74) is 1.59. The Kier molecular flexibility index (Phi) is 7.51. The van der Waals surface area contributed by atoms with Gasteiger partial charge in [0.1, 0.15) is 0 Å². The van der Waals surface area contributed by atoms with Crippen molar-refractivity contribution in [3.8, 4) is 0 Å². The van der Waals surface area contributed by atoms with Crippen molar-refractivity contribution in [2.45, 2.75) is 31.6 Å². The van der Waals surface area contributed by atoms with Crippen LogP contribution in [0.2, 0.25) is 5.02 Å². The van der Waals surface area contributed by atoms with Gasteiger partial charge in [0.15, 0.2) is 5.96 Å². The van der Waals surface area contributed by atoms with Gasteiger partial charge in [-0.15, -0.1) is 35.3 Å². The number of aromatic nitrogens is 1. The van der Waals surface area contributed by atoms with Crippen LogP contribution in [0.4, 0.5) is 0 Å². The zero-order valence-corrected chi connectivity index (χ0v) is 18.4. The van der Waals surface area contributed by atoms with Crippen LogP contribution in [0.1, 0.15) is 28.3 Å². The zero-order valence-electron chi connectivity index (χ0n) is 14.5. The average Bonchev–Trinajstić information content (AvgIpc) is 3.26. The molecule has 2 N–H and O–H groups in total. The lowest BCUT2D eigenvalue weighted by Crippen LogP contribution is -2.41. The summed E-state index contributed by atoms with van der Waals surface area (Å²) in [5, 5.41) is 8.79. The minimum absolute atomic E-state index is 0. The second-order valence-corrected chi connectivity index (χ2v) is 8.01. The van der Waals surface area contributed by atoms with Gasteiger partial charge in [0.2, 0.25) is 0 Å². The molecule has 0 amide bonds. The van der Waals surface area contributed by atoms with Crippen molar-refractivity contribution in [1.82, 2.24) is 15.6 Å². The third-order valence-electron chi connectivity index (χ3n) is 4.43. The minimum atomic E-state index is 0. The Hall–Kier alpha value is -0.860. The smallest absolute Gasteiger partial charge is 0.191 e. The van der Waals surface area contributed by atoms with E-state index < -0.39 is 0 Å². The molecule has 25 heavy (non-hydrogen) atoms. The molecule has 0 saturated heterocycles. The lowest BCUT2D eigenvalue weighted by molar-refractivity contribution is 0.645. The van der Waals surface area contributed by atoms with E-state index >= 15 is 0 Å². The summed E-state index contributed by atoms with van der Waals surface area (Å²) in [6, 6.07) is 8.22. The van der Waals surface area contributed by atoms with E-state index in [2.05, 4.69) is 39.7 Å². The fourth-order valence-corrected chi connectivity index (χ4v) is 3.71. The summed E-state index contributed by atoms with van der Waals surface area (Å²) in [6.07, 6.45) is 5.26. The van der Waals surface area contributed by atoms with E-state index in [1.807, 2.05) is 25.4 Å².